The number of nitrogens with zero attached hydrogens (tertiary/aromatic N) is 1. The maximum Gasteiger partial charge on any atom is 0.416 e. The van der Waals surface area contributed by atoms with E-state index in [0.29, 0.717) is 12.1 Å². The number of carbonyl (C=O) groups excluding carboxylic acids is 1. The van der Waals surface area contributed by atoms with Gasteiger partial charge in [-0.25, -0.2) is 0 Å². The van der Waals surface area contributed by atoms with Crippen LogP contribution in [-0.4, -0.2) is 11.9 Å². The van der Waals surface area contributed by atoms with E-state index in [2.05, 4.69) is 5.32 Å². The van der Waals surface area contributed by atoms with Crippen molar-refractivity contribution in [2.45, 2.75) is 31.7 Å². The summed E-state index contributed by atoms with van der Waals surface area (Å²) in [4.78, 5) is 11.7. The summed E-state index contributed by atoms with van der Waals surface area (Å²) in [6, 6.07) is 1.63. The molecule has 0 aliphatic carbocycles. The molecule has 0 aliphatic rings. The lowest BCUT2D eigenvalue weighted by Gasteiger charge is -2.15. The molecule has 0 saturated heterocycles. The van der Waals surface area contributed by atoms with Gasteiger partial charge in [-0.15, -0.1) is 0 Å². The highest BCUT2D eigenvalue weighted by atomic mass is 19.4. The first-order chi connectivity index (χ1) is 9.95. The van der Waals surface area contributed by atoms with Crippen molar-refractivity contribution >= 4 is 5.91 Å². The van der Waals surface area contributed by atoms with E-state index >= 15 is 0 Å². The second-order valence-corrected chi connectivity index (χ2v) is 4.53. The fraction of sp³-hybridized carbons (Fsp3) is 0.385. The largest absolute Gasteiger partial charge is 0.416 e. The molecule has 0 saturated carbocycles. The SMILES string of the molecule is CC(CC#N)NC(=O)c1cc(C(F)(F)F)cc(C(F)(F)F)c1. The Labute approximate surface area is 121 Å². The molecule has 0 spiro atoms. The number of nitrogens with one attached hydrogen (secondary N) is 1. The van der Waals surface area contributed by atoms with Gasteiger partial charge in [0.1, 0.15) is 0 Å². The summed E-state index contributed by atoms with van der Waals surface area (Å²) in [6.45, 7) is 1.40. The van der Waals surface area contributed by atoms with E-state index in [1.807, 2.05) is 0 Å². The lowest BCUT2D eigenvalue weighted by atomic mass is 10.0. The van der Waals surface area contributed by atoms with Crippen LogP contribution in [-0.2, 0) is 12.4 Å². The summed E-state index contributed by atoms with van der Waals surface area (Å²) in [5, 5.41) is 10.6. The fourth-order valence-corrected chi connectivity index (χ4v) is 1.58. The van der Waals surface area contributed by atoms with E-state index in [-0.39, 0.29) is 12.5 Å². The van der Waals surface area contributed by atoms with Crippen LogP contribution in [0.1, 0.15) is 34.8 Å². The predicted molar refractivity (Wildman–Crippen MR) is 63.6 cm³/mol. The number of nitriles is 1. The van der Waals surface area contributed by atoms with Crippen molar-refractivity contribution in [3.63, 3.8) is 0 Å². The van der Waals surface area contributed by atoms with Gasteiger partial charge in [-0.1, -0.05) is 0 Å². The number of carbonyl (C=O) groups is 1. The first-order valence-electron chi connectivity index (χ1n) is 5.92. The van der Waals surface area contributed by atoms with Gasteiger partial charge in [0.2, 0.25) is 0 Å². The van der Waals surface area contributed by atoms with Crippen LogP contribution in [0.5, 0.6) is 0 Å². The van der Waals surface area contributed by atoms with Crippen LogP contribution in [0.2, 0.25) is 0 Å². The molecule has 9 heteroatoms. The molecule has 0 heterocycles. The summed E-state index contributed by atoms with van der Waals surface area (Å²) >= 11 is 0. The quantitative estimate of drug-likeness (QED) is 0.861. The normalized spacial score (nSPS) is 13.4. The first-order valence-corrected chi connectivity index (χ1v) is 5.92. The van der Waals surface area contributed by atoms with Crippen molar-refractivity contribution in [1.29, 1.82) is 5.26 Å². The van der Waals surface area contributed by atoms with Crippen LogP contribution in [0.25, 0.3) is 0 Å². The zero-order valence-electron chi connectivity index (χ0n) is 11.1. The van der Waals surface area contributed by atoms with Crippen LogP contribution in [0.3, 0.4) is 0 Å². The van der Waals surface area contributed by atoms with Gasteiger partial charge >= 0.3 is 12.4 Å². The molecule has 1 aromatic carbocycles. The summed E-state index contributed by atoms with van der Waals surface area (Å²) in [7, 11) is 0. The number of rotatable bonds is 3. The van der Waals surface area contributed by atoms with E-state index in [9.17, 15) is 31.1 Å². The van der Waals surface area contributed by atoms with Gasteiger partial charge in [-0.2, -0.15) is 31.6 Å². The Hall–Kier alpha value is -2.24. The number of alkyl halides is 6. The molecule has 1 aromatic rings. The molecular formula is C13H10F6N2O. The Kier molecular flexibility index (Phi) is 5.06. The van der Waals surface area contributed by atoms with Crippen molar-refractivity contribution in [2.24, 2.45) is 0 Å². The molecular weight excluding hydrogens is 314 g/mol. The summed E-state index contributed by atoms with van der Waals surface area (Å²) in [5.41, 5.74) is -3.91. The fourth-order valence-electron chi connectivity index (χ4n) is 1.58. The molecule has 0 bridgehead atoms. The summed E-state index contributed by atoms with van der Waals surface area (Å²) in [5.74, 6) is -1.11. The molecule has 22 heavy (non-hydrogen) atoms. The van der Waals surface area contributed by atoms with Gasteiger partial charge in [0.05, 0.1) is 23.6 Å². The molecule has 1 amide bonds. The van der Waals surface area contributed by atoms with Gasteiger partial charge in [0, 0.05) is 11.6 Å². The minimum Gasteiger partial charge on any atom is -0.349 e. The lowest BCUT2D eigenvalue weighted by molar-refractivity contribution is -0.143. The zero-order chi connectivity index (χ0) is 17.1. The summed E-state index contributed by atoms with van der Waals surface area (Å²) < 4.78 is 75.8. The minimum absolute atomic E-state index is 0.0600. The number of hydrogen-bond acceptors (Lipinski definition) is 2. The predicted octanol–water partition coefficient (Wildman–Crippen LogP) is 3.76. The Morgan fingerprint density at radius 1 is 1.14 bits per heavy atom. The molecule has 0 aliphatic heterocycles. The van der Waals surface area contributed by atoms with E-state index in [0.717, 1.165) is 0 Å². The molecule has 1 rings (SSSR count). The van der Waals surface area contributed by atoms with E-state index in [1.165, 1.54) is 6.92 Å². The third-order valence-electron chi connectivity index (χ3n) is 2.62. The monoisotopic (exact) mass is 324 g/mol. The average molecular weight is 324 g/mol. The number of hydrogen-bond donors (Lipinski definition) is 1. The highest BCUT2D eigenvalue weighted by molar-refractivity contribution is 5.94. The maximum absolute atomic E-state index is 12.6. The average Bonchev–Trinajstić information content (AvgIpc) is 2.36. The first kappa shape index (κ1) is 17.8. The minimum atomic E-state index is -5.02. The third kappa shape index (κ3) is 4.65. The van der Waals surface area contributed by atoms with Crippen LogP contribution < -0.4 is 5.32 Å². The molecule has 0 fully saturated rings. The second-order valence-electron chi connectivity index (χ2n) is 4.53. The number of halogens is 6. The van der Waals surface area contributed by atoms with Gasteiger partial charge < -0.3 is 5.32 Å². The molecule has 0 radical (unpaired) electrons. The number of amides is 1. The molecule has 1 unspecified atom stereocenters. The molecule has 0 aromatic heterocycles. The van der Waals surface area contributed by atoms with Crippen LogP contribution in [0.4, 0.5) is 26.3 Å². The lowest BCUT2D eigenvalue weighted by Crippen LogP contribution is -2.32. The van der Waals surface area contributed by atoms with Gasteiger partial charge in [-0.3, -0.25) is 4.79 Å². The maximum atomic E-state index is 12.6. The second kappa shape index (κ2) is 6.25. The van der Waals surface area contributed by atoms with Crippen molar-refractivity contribution in [2.75, 3.05) is 0 Å². The highest BCUT2D eigenvalue weighted by Gasteiger charge is 2.37. The van der Waals surface area contributed by atoms with Crippen molar-refractivity contribution < 1.29 is 31.1 Å². The van der Waals surface area contributed by atoms with Gasteiger partial charge in [0.25, 0.3) is 5.91 Å². The Bertz CT molecular complexity index is 568. The number of benzene rings is 1. The molecule has 1 atom stereocenters. The van der Waals surface area contributed by atoms with Crippen LogP contribution in [0, 0.1) is 11.3 Å². The van der Waals surface area contributed by atoms with Crippen LogP contribution in [0.15, 0.2) is 18.2 Å². The van der Waals surface area contributed by atoms with Gasteiger partial charge in [-0.05, 0) is 25.1 Å². The van der Waals surface area contributed by atoms with Crippen molar-refractivity contribution in [1.82, 2.24) is 5.32 Å². The topological polar surface area (TPSA) is 52.9 Å². The summed E-state index contributed by atoms with van der Waals surface area (Å²) in [6.07, 6.45) is -10.2. The van der Waals surface area contributed by atoms with Gasteiger partial charge in [0.15, 0.2) is 0 Å². The molecule has 3 nitrogen and oxygen atoms in total. The van der Waals surface area contributed by atoms with Crippen molar-refractivity contribution in [3.8, 4) is 6.07 Å². The molecule has 1 N–H and O–H groups in total. The van der Waals surface area contributed by atoms with E-state index in [4.69, 9.17) is 5.26 Å². The van der Waals surface area contributed by atoms with E-state index < -0.39 is 41.0 Å². The van der Waals surface area contributed by atoms with E-state index in [1.54, 1.807) is 6.07 Å². The highest BCUT2D eigenvalue weighted by Crippen LogP contribution is 2.36. The van der Waals surface area contributed by atoms with Crippen molar-refractivity contribution in [3.05, 3.63) is 34.9 Å². The molecule has 120 valence electrons. The Morgan fingerprint density at radius 2 is 1.59 bits per heavy atom. The third-order valence-corrected chi connectivity index (χ3v) is 2.62. The Morgan fingerprint density at radius 3 is 1.95 bits per heavy atom. The zero-order valence-corrected chi connectivity index (χ0v) is 11.1. The van der Waals surface area contributed by atoms with Crippen LogP contribution >= 0.6 is 0 Å². The Balaban J connectivity index is 3.24. The standard InChI is InChI=1S/C13H10F6N2O/c1-7(2-3-20)21-11(22)8-4-9(12(14,15)16)6-10(5-8)13(17,18)19/h4-7H,2H2,1H3,(H,21,22). The smallest absolute Gasteiger partial charge is 0.349 e.